The van der Waals surface area contributed by atoms with E-state index in [2.05, 4.69) is 16.0 Å². The highest BCUT2D eigenvalue weighted by atomic mass is 16.2. The standard InChI is InChI=1S/C25H26N4O3/c1-18-10-9-13-21(16-18)28-25(32)26-17-23(30)29(22-14-7-4-8-15-22)19(2)24(31)27-20-11-5-3-6-12-20/h3-16,19H,17H2,1-2H3,(H,27,31)(H2,26,28,32). The summed E-state index contributed by atoms with van der Waals surface area (Å²) < 4.78 is 0. The Bertz CT molecular complexity index is 1070. The number of benzene rings is 3. The second-order valence-electron chi connectivity index (χ2n) is 7.31. The number of hydrogen-bond acceptors (Lipinski definition) is 3. The average molecular weight is 431 g/mol. The third-order valence-electron chi connectivity index (χ3n) is 4.79. The zero-order chi connectivity index (χ0) is 22.9. The molecule has 3 N–H and O–H groups in total. The SMILES string of the molecule is Cc1cccc(NC(=O)NCC(=O)N(c2ccccc2)C(C)C(=O)Nc2ccccc2)c1. The molecule has 0 saturated carbocycles. The molecular formula is C25H26N4O3. The lowest BCUT2D eigenvalue weighted by atomic mass is 10.2. The molecule has 3 rings (SSSR count). The summed E-state index contributed by atoms with van der Waals surface area (Å²) in [6.45, 7) is 3.30. The van der Waals surface area contributed by atoms with Crippen molar-refractivity contribution in [3.63, 3.8) is 0 Å². The van der Waals surface area contributed by atoms with Crippen molar-refractivity contribution in [2.75, 3.05) is 22.1 Å². The quantitative estimate of drug-likeness (QED) is 0.525. The first kappa shape index (κ1) is 22.6. The Morgan fingerprint density at radius 2 is 1.44 bits per heavy atom. The van der Waals surface area contributed by atoms with Gasteiger partial charge in [-0.2, -0.15) is 0 Å². The highest BCUT2D eigenvalue weighted by Crippen LogP contribution is 2.18. The van der Waals surface area contributed by atoms with E-state index in [0.29, 0.717) is 17.1 Å². The summed E-state index contributed by atoms with van der Waals surface area (Å²) in [4.78, 5) is 39.5. The molecule has 164 valence electrons. The second kappa shape index (κ2) is 10.8. The molecule has 4 amide bonds. The van der Waals surface area contributed by atoms with Crippen LogP contribution in [0.15, 0.2) is 84.9 Å². The van der Waals surface area contributed by atoms with Gasteiger partial charge in [-0.1, -0.05) is 48.5 Å². The van der Waals surface area contributed by atoms with E-state index >= 15 is 0 Å². The van der Waals surface area contributed by atoms with E-state index in [9.17, 15) is 14.4 Å². The summed E-state index contributed by atoms with van der Waals surface area (Å²) in [5, 5.41) is 8.09. The molecule has 0 aliphatic rings. The Hall–Kier alpha value is -4.13. The fourth-order valence-electron chi connectivity index (χ4n) is 3.20. The van der Waals surface area contributed by atoms with Crippen LogP contribution in [0.2, 0.25) is 0 Å². The van der Waals surface area contributed by atoms with Crippen LogP contribution in [0.4, 0.5) is 21.9 Å². The summed E-state index contributed by atoms with van der Waals surface area (Å²) >= 11 is 0. The third kappa shape index (κ3) is 6.18. The monoisotopic (exact) mass is 430 g/mol. The zero-order valence-corrected chi connectivity index (χ0v) is 18.0. The van der Waals surface area contributed by atoms with Crippen LogP contribution in [-0.2, 0) is 9.59 Å². The van der Waals surface area contributed by atoms with Crippen LogP contribution in [0.25, 0.3) is 0 Å². The van der Waals surface area contributed by atoms with Gasteiger partial charge in [0, 0.05) is 17.1 Å². The minimum absolute atomic E-state index is 0.268. The highest BCUT2D eigenvalue weighted by Gasteiger charge is 2.27. The maximum absolute atomic E-state index is 13.1. The Morgan fingerprint density at radius 3 is 2.09 bits per heavy atom. The first-order chi connectivity index (χ1) is 15.4. The molecule has 1 unspecified atom stereocenters. The van der Waals surface area contributed by atoms with Gasteiger partial charge in [-0.05, 0) is 55.8 Å². The average Bonchev–Trinajstić information content (AvgIpc) is 2.79. The van der Waals surface area contributed by atoms with Crippen LogP contribution in [0.3, 0.4) is 0 Å². The summed E-state index contributed by atoms with van der Waals surface area (Å²) in [5.74, 6) is -0.746. The molecule has 0 fully saturated rings. The maximum Gasteiger partial charge on any atom is 0.319 e. The van der Waals surface area contributed by atoms with E-state index in [-0.39, 0.29) is 12.5 Å². The van der Waals surface area contributed by atoms with Gasteiger partial charge in [-0.3, -0.25) is 14.5 Å². The number of carbonyl (C=O) groups excluding carboxylic acids is 3. The van der Waals surface area contributed by atoms with E-state index in [4.69, 9.17) is 0 Å². The summed E-state index contributed by atoms with van der Waals surface area (Å²) in [6.07, 6.45) is 0. The number of amides is 4. The van der Waals surface area contributed by atoms with Crippen molar-refractivity contribution in [1.29, 1.82) is 0 Å². The van der Waals surface area contributed by atoms with Crippen LogP contribution >= 0.6 is 0 Å². The minimum atomic E-state index is -0.799. The van der Waals surface area contributed by atoms with Crippen LogP contribution in [0, 0.1) is 6.92 Å². The second-order valence-corrected chi connectivity index (χ2v) is 7.31. The number of para-hydroxylation sites is 2. The van der Waals surface area contributed by atoms with Gasteiger partial charge in [0.25, 0.3) is 0 Å². The smallest absolute Gasteiger partial charge is 0.319 e. The molecule has 0 spiro atoms. The molecular weight excluding hydrogens is 404 g/mol. The van der Waals surface area contributed by atoms with Crippen LogP contribution < -0.4 is 20.9 Å². The van der Waals surface area contributed by atoms with E-state index < -0.39 is 18.0 Å². The van der Waals surface area contributed by atoms with Crippen LogP contribution in [-0.4, -0.2) is 30.4 Å². The number of nitrogens with zero attached hydrogens (tertiary/aromatic N) is 1. The molecule has 3 aromatic carbocycles. The number of anilines is 3. The Labute approximate surface area is 187 Å². The topological polar surface area (TPSA) is 90.5 Å². The molecule has 0 bridgehead atoms. The number of aryl methyl sites for hydroxylation is 1. The lowest BCUT2D eigenvalue weighted by Gasteiger charge is -2.28. The van der Waals surface area contributed by atoms with Crippen molar-refractivity contribution in [3.8, 4) is 0 Å². The zero-order valence-electron chi connectivity index (χ0n) is 18.0. The molecule has 0 aliphatic carbocycles. The van der Waals surface area contributed by atoms with Gasteiger partial charge in [-0.25, -0.2) is 4.79 Å². The molecule has 0 radical (unpaired) electrons. The first-order valence-corrected chi connectivity index (χ1v) is 10.3. The predicted octanol–water partition coefficient (Wildman–Crippen LogP) is 4.18. The highest BCUT2D eigenvalue weighted by molar-refractivity contribution is 6.06. The van der Waals surface area contributed by atoms with Crippen molar-refractivity contribution in [3.05, 3.63) is 90.5 Å². The van der Waals surface area contributed by atoms with E-state index in [1.54, 1.807) is 49.4 Å². The van der Waals surface area contributed by atoms with Crippen LogP contribution in [0.5, 0.6) is 0 Å². The van der Waals surface area contributed by atoms with Crippen molar-refractivity contribution < 1.29 is 14.4 Å². The van der Waals surface area contributed by atoms with Crippen molar-refractivity contribution in [2.24, 2.45) is 0 Å². The minimum Gasteiger partial charge on any atom is -0.329 e. The molecule has 1 atom stereocenters. The summed E-state index contributed by atoms with van der Waals surface area (Å²) in [6, 6.07) is 24.0. The number of hydrogen-bond donors (Lipinski definition) is 3. The lowest BCUT2D eigenvalue weighted by Crippen LogP contribution is -2.50. The molecule has 7 heteroatoms. The molecule has 32 heavy (non-hydrogen) atoms. The molecule has 0 aromatic heterocycles. The number of rotatable bonds is 7. The van der Waals surface area contributed by atoms with E-state index in [1.807, 2.05) is 49.4 Å². The van der Waals surface area contributed by atoms with Gasteiger partial charge in [-0.15, -0.1) is 0 Å². The normalized spacial score (nSPS) is 11.2. The van der Waals surface area contributed by atoms with Crippen molar-refractivity contribution in [1.82, 2.24) is 5.32 Å². The fraction of sp³-hybridized carbons (Fsp3) is 0.160. The van der Waals surface area contributed by atoms with Gasteiger partial charge >= 0.3 is 6.03 Å². The predicted molar refractivity (Wildman–Crippen MR) is 127 cm³/mol. The lowest BCUT2D eigenvalue weighted by molar-refractivity contribution is -0.122. The first-order valence-electron chi connectivity index (χ1n) is 10.3. The van der Waals surface area contributed by atoms with Gasteiger partial charge < -0.3 is 16.0 Å². The Kier molecular flexibility index (Phi) is 7.59. The molecule has 0 aliphatic heterocycles. The largest absolute Gasteiger partial charge is 0.329 e. The number of nitrogens with one attached hydrogen (secondary N) is 3. The maximum atomic E-state index is 13.1. The third-order valence-corrected chi connectivity index (χ3v) is 4.79. The molecule has 0 heterocycles. The Balaban J connectivity index is 1.68. The van der Waals surface area contributed by atoms with Crippen LogP contribution in [0.1, 0.15) is 12.5 Å². The van der Waals surface area contributed by atoms with Gasteiger partial charge in [0.05, 0.1) is 6.54 Å². The fourth-order valence-corrected chi connectivity index (χ4v) is 3.20. The molecule has 0 saturated heterocycles. The molecule has 7 nitrogen and oxygen atoms in total. The van der Waals surface area contributed by atoms with Crippen molar-refractivity contribution in [2.45, 2.75) is 19.9 Å². The number of carbonyl (C=O) groups is 3. The molecule has 3 aromatic rings. The Morgan fingerprint density at radius 1 is 0.812 bits per heavy atom. The van der Waals surface area contributed by atoms with Gasteiger partial charge in [0.1, 0.15) is 6.04 Å². The summed E-state index contributed by atoms with van der Waals surface area (Å²) in [5.41, 5.74) is 2.84. The van der Waals surface area contributed by atoms with E-state index in [1.165, 1.54) is 4.90 Å². The van der Waals surface area contributed by atoms with Gasteiger partial charge in [0.2, 0.25) is 11.8 Å². The van der Waals surface area contributed by atoms with Gasteiger partial charge in [0.15, 0.2) is 0 Å². The summed E-state index contributed by atoms with van der Waals surface area (Å²) in [7, 11) is 0. The van der Waals surface area contributed by atoms with E-state index in [0.717, 1.165) is 5.56 Å². The number of urea groups is 1. The van der Waals surface area contributed by atoms with Crippen molar-refractivity contribution >= 4 is 34.9 Å².